The van der Waals surface area contributed by atoms with Gasteiger partial charge in [0.05, 0.1) is 7.11 Å². The number of hydrogen-bond donors (Lipinski definition) is 1. The molecule has 3 nitrogen and oxygen atoms in total. The standard InChI is InChI=1S/C19H22O3/c1-14-13-18(22-4)16(3)15(2)17(14)11-9-7-5-6-8-10-12-19(20)21/h5-13H,1-4H3,(H,20,21)/b7-5+,8-6+,11-9+,12-10+. The maximum absolute atomic E-state index is 10.3. The lowest BCUT2D eigenvalue weighted by atomic mass is 9.97. The number of methoxy groups -OCH3 is 1. The Balaban J connectivity index is 2.79. The maximum Gasteiger partial charge on any atom is 0.328 e. The molecule has 0 spiro atoms. The molecule has 0 aliphatic rings. The van der Waals surface area contributed by atoms with Gasteiger partial charge in [0.1, 0.15) is 5.75 Å². The molecule has 0 heterocycles. The van der Waals surface area contributed by atoms with Crippen LogP contribution in [0.2, 0.25) is 0 Å². The first kappa shape index (κ1) is 17.5. The molecule has 0 aromatic heterocycles. The molecular formula is C19H22O3. The number of carbonyl (C=O) groups is 1. The third-order valence-electron chi connectivity index (χ3n) is 3.39. The van der Waals surface area contributed by atoms with Crippen LogP contribution in [0.4, 0.5) is 0 Å². The van der Waals surface area contributed by atoms with Gasteiger partial charge < -0.3 is 9.84 Å². The fourth-order valence-electron chi connectivity index (χ4n) is 2.08. The van der Waals surface area contributed by atoms with Crippen molar-refractivity contribution in [2.75, 3.05) is 7.11 Å². The Kier molecular flexibility index (Phi) is 6.90. The summed E-state index contributed by atoms with van der Waals surface area (Å²) in [5.74, 6) is -0.0369. The van der Waals surface area contributed by atoms with E-state index in [1.807, 2.05) is 24.3 Å². The van der Waals surface area contributed by atoms with Crippen molar-refractivity contribution in [3.8, 4) is 5.75 Å². The van der Waals surface area contributed by atoms with Crippen LogP contribution in [0, 0.1) is 20.8 Å². The highest BCUT2D eigenvalue weighted by molar-refractivity contribution is 5.80. The van der Waals surface area contributed by atoms with Crippen molar-refractivity contribution < 1.29 is 14.6 Å². The Bertz CT molecular complexity index is 647. The fourth-order valence-corrected chi connectivity index (χ4v) is 2.08. The van der Waals surface area contributed by atoms with Crippen molar-refractivity contribution in [3.63, 3.8) is 0 Å². The lowest BCUT2D eigenvalue weighted by molar-refractivity contribution is -0.131. The van der Waals surface area contributed by atoms with Gasteiger partial charge in [-0.2, -0.15) is 0 Å². The van der Waals surface area contributed by atoms with E-state index in [2.05, 4.69) is 26.8 Å². The number of carboxylic acid groups (broad SMARTS) is 1. The molecule has 0 saturated carbocycles. The fraction of sp³-hybridized carbons (Fsp3) is 0.211. The van der Waals surface area contributed by atoms with E-state index in [9.17, 15) is 4.79 Å². The first-order chi connectivity index (χ1) is 10.5. The SMILES string of the molecule is COc1cc(C)c(/C=C/C=C/C=C/C=C/C(=O)O)c(C)c1C. The minimum absolute atomic E-state index is 0.913. The Morgan fingerprint density at radius 1 is 1.00 bits per heavy atom. The number of benzene rings is 1. The van der Waals surface area contributed by atoms with E-state index in [0.29, 0.717) is 0 Å². The van der Waals surface area contributed by atoms with Gasteiger partial charge in [-0.05, 0) is 49.1 Å². The number of allylic oxidation sites excluding steroid dienone is 6. The van der Waals surface area contributed by atoms with Crippen molar-refractivity contribution in [1.82, 2.24) is 0 Å². The van der Waals surface area contributed by atoms with Crippen molar-refractivity contribution in [2.24, 2.45) is 0 Å². The predicted octanol–water partition coefficient (Wildman–Crippen LogP) is 4.39. The van der Waals surface area contributed by atoms with Crippen LogP contribution in [0.25, 0.3) is 6.08 Å². The van der Waals surface area contributed by atoms with Crippen LogP contribution in [0.15, 0.2) is 48.6 Å². The summed E-state index contributed by atoms with van der Waals surface area (Å²) >= 11 is 0. The van der Waals surface area contributed by atoms with Crippen molar-refractivity contribution in [1.29, 1.82) is 0 Å². The molecule has 0 aliphatic carbocycles. The van der Waals surface area contributed by atoms with E-state index in [1.54, 1.807) is 19.3 Å². The number of hydrogen-bond acceptors (Lipinski definition) is 2. The van der Waals surface area contributed by atoms with Gasteiger partial charge in [-0.15, -0.1) is 0 Å². The molecule has 0 saturated heterocycles. The quantitative estimate of drug-likeness (QED) is 0.626. The highest BCUT2D eigenvalue weighted by atomic mass is 16.5. The van der Waals surface area contributed by atoms with Crippen LogP contribution < -0.4 is 4.74 Å². The van der Waals surface area contributed by atoms with Gasteiger partial charge in [0, 0.05) is 6.08 Å². The highest BCUT2D eigenvalue weighted by Crippen LogP contribution is 2.28. The Morgan fingerprint density at radius 2 is 1.59 bits per heavy atom. The molecule has 116 valence electrons. The summed E-state index contributed by atoms with van der Waals surface area (Å²) in [5, 5.41) is 8.43. The number of ether oxygens (including phenoxy) is 1. The molecule has 0 amide bonds. The molecular weight excluding hydrogens is 276 g/mol. The lowest BCUT2D eigenvalue weighted by Crippen LogP contribution is -1.95. The van der Waals surface area contributed by atoms with Crippen LogP contribution in [0.3, 0.4) is 0 Å². The average molecular weight is 298 g/mol. The normalized spacial score (nSPS) is 12.2. The molecule has 1 aromatic carbocycles. The molecule has 0 unspecified atom stereocenters. The summed E-state index contributed by atoms with van der Waals surface area (Å²) in [6.45, 7) is 6.21. The molecule has 1 aromatic rings. The first-order valence-corrected chi connectivity index (χ1v) is 7.03. The van der Waals surface area contributed by atoms with Gasteiger partial charge in [0.25, 0.3) is 0 Å². The Morgan fingerprint density at radius 3 is 2.18 bits per heavy atom. The zero-order chi connectivity index (χ0) is 16.5. The second-order valence-corrected chi connectivity index (χ2v) is 4.89. The number of rotatable bonds is 6. The van der Waals surface area contributed by atoms with E-state index >= 15 is 0 Å². The van der Waals surface area contributed by atoms with Gasteiger partial charge >= 0.3 is 5.97 Å². The zero-order valence-corrected chi connectivity index (χ0v) is 13.5. The third kappa shape index (κ3) is 5.09. The maximum atomic E-state index is 10.3. The molecule has 0 atom stereocenters. The second-order valence-electron chi connectivity index (χ2n) is 4.89. The van der Waals surface area contributed by atoms with Crippen molar-refractivity contribution >= 4 is 12.0 Å². The number of carboxylic acids is 1. The van der Waals surface area contributed by atoms with Crippen LogP contribution in [0.5, 0.6) is 5.75 Å². The van der Waals surface area contributed by atoms with Gasteiger partial charge in [-0.1, -0.05) is 42.5 Å². The van der Waals surface area contributed by atoms with E-state index in [-0.39, 0.29) is 0 Å². The molecule has 0 bridgehead atoms. The summed E-state index contributed by atoms with van der Waals surface area (Å²) in [6.07, 6.45) is 13.8. The molecule has 1 rings (SSSR count). The topological polar surface area (TPSA) is 46.5 Å². The minimum atomic E-state index is -0.950. The Labute approximate surface area is 131 Å². The molecule has 0 fully saturated rings. The first-order valence-electron chi connectivity index (χ1n) is 7.03. The van der Waals surface area contributed by atoms with Crippen LogP contribution in [-0.4, -0.2) is 18.2 Å². The van der Waals surface area contributed by atoms with Gasteiger partial charge in [0.2, 0.25) is 0 Å². The van der Waals surface area contributed by atoms with Crippen LogP contribution in [-0.2, 0) is 4.79 Å². The van der Waals surface area contributed by atoms with Gasteiger partial charge in [0.15, 0.2) is 0 Å². The molecule has 0 radical (unpaired) electrons. The summed E-state index contributed by atoms with van der Waals surface area (Å²) in [5.41, 5.74) is 4.72. The number of aryl methyl sites for hydroxylation is 1. The monoisotopic (exact) mass is 298 g/mol. The molecule has 3 heteroatoms. The predicted molar refractivity (Wildman–Crippen MR) is 91.3 cm³/mol. The lowest BCUT2D eigenvalue weighted by Gasteiger charge is -2.13. The second kappa shape index (κ2) is 8.67. The Hall–Kier alpha value is -2.55. The van der Waals surface area contributed by atoms with Gasteiger partial charge in [-0.3, -0.25) is 0 Å². The summed E-state index contributed by atoms with van der Waals surface area (Å²) < 4.78 is 5.36. The summed E-state index contributed by atoms with van der Waals surface area (Å²) in [6, 6.07) is 2.04. The zero-order valence-electron chi connectivity index (χ0n) is 13.5. The van der Waals surface area contributed by atoms with Crippen molar-refractivity contribution in [2.45, 2.75) is 20.8 Å². The van der Waals surface area contributed by atoms with Crippen molar-refractivity contribution in [3.05, 3.63) is 70.9 Å². The molecule has 1 N–H and O–H groups in total. The molecule has 0 aliphatic heterocycles. The van der Waals surface area contributed by atoms with E-state index in [1.165, 1.54) is 22.8 Å². The van der Waals surface area contributed by atoms with E-state index < -0.39 is 5.97 Å². The summed E-state index contributed by atoms with van der Waals surface area (Å²) in [7, 11) is 1.69. The van der Waals surface area contributed by atoms with Crippen LogP contribution >= 0.6 is 0 Å². The largest absolute Gasteiger partial charge is 0.496 e. The number of aliphatic carboxylic acids is 1. The van der Waals surface area contributed by atoms with E-state index in [0.717, 1.165) is 17.4 Å². The molecule has 22 heavy (non-hydrogen) atoms. The third-order valence-corrected chi connectivity index (χ3v) is 3.39. The smallest absolute Gasteiger partial charge is 0.328 e. The van der Waals surface area contributed by atoms with Crippen LogP contribution in [0.1, 0.15) is 22.3 Å². The average Bonchev–Trinajstić information content (AvgIpc) is 2.48. The minimum Gasteiger partial charge on any atom is -0.496 e. The van der Waals surface area contributed by atoms with E-state index in [4.69, 9.17) is 9.84 Å². The van der Waals surface area contributed by atoms with Gasteiger partial charge in [-0.25, -0.2) is 4.79 Å². The summed E-state index contributed by atoms with van der Waals surface area (Å²) in [4.78, 5) is 10.3. The highest BCUT2D eigenvalue weighted by Gasteiger charge is 2.07.